The molecule has 6 heteroatoms. The van der Waals surface area contributed by atoms with Crippen molar-refractivity contribution in [1.82, 2.24) is 15.0 Å². The lowest BCUT2D eigenvalue weighted by Gasteiger charge is -2.17. The summed E-state index contributed by atoms with van der Waals surface area (Å²) in [5.74, 6) is 6.25. The zero-order chi connectivity index (χ0) is 36.3. The lowest BCUT2D eigenvalue weighted by Crippen LogP contribution is -2.07. The first-order chi connectivity index (χ1) is 25.0. The van der Waals surface area contributed by atoms with Gasteiger partial charge in [0.15, 0.2) is 17.5 Å². The zero-order valence-corrected chi connectivity index (χ0v) is 32.3. The van der Waals surface area contributed by atoms with E-state index in [1.165, 1.54) is 38.5 Å². The molecule has 4 rings (SSSR count). The number of hydrogen-bond acceptors (Lipinski definition) is 6. The Balaban J connectivity index is 1.70. The third-order valence-electron chi connectivity index (χ3n) is 10.5. The Hall–Kier alpha value is -3.93. The highest BCUT2D eigenvalue weighted by molar-refractivity contribution is 5.73. The molecule has 0 radical (unpaired) electrons. The summed E-state index contributed by atoms with van der Waals surface area (Å²) in [6, 6.07) is 24.3. The van der Waals surface area contributed by atoms with Crippen molar-refractivity contribution in [3.8, 4) is 51.4 Å². The molecule has 4 aromatic rings. The highest BCUT2D eigenvalue weighted by atomic mass is 16.5. The largest absolute Gasteiger partial charge is 0.493 e. The average molecular weight is 694 g/mol. The summed E-state index contributed by atoms with van der Waals surface area (Å²) in [4.78, 5) is 15.3. The monoisotopic (exact) mass is 693 g/mol. The molecular formula is C45H63N3O3. The second kappa shape index (κ2) is 22.1. The summed E-state index contributed by atoms with van der Waals surface area (Å²) < 4.78 is 19.3. The average Bonchev–Trinajstić information content (AvgIpc) is 3.18. The van der Waals surface area contributed by atoms with Crippen LogP contribution in [0, 0.1) is 17.8 Å². The molecule has 51 heavy (non-hydrogen) atoms. The Kier molecular flexibility index (Phi) is 17.3. The van der Waals surface area contributed by atoms with Gasteiger partial charge in [0.1, 0.15) is 17.2 Å². The normalized spacial score (nSPS) is 11.5. The number of aromatic nitrogens is 3. The molecule has 3 aromatic carbocycles. The SMILES string of the molecule is CCC(CC)CCCOc1ccccc1-c1nc(-c2ccccc2OCCCC(CC)CC)nc(-c2ccccc2OCCCC(CC)CC)n1. The first kappa shape index (κ1) is 39.8. The van der Waals surface area contributed by atoms with Gasteiger partial charge < -0.3 is 14.2 Å². The van der Waals surface area contributed by atoms with Crippen LogP contribution < -0.4 is 14.2 Å². The van der Waals surface area contributed by atoms with Crippen LogP contribution in [0.15, 0.2) is 72.8 Å². The number of hydrogen-bond donors (Lipinski definition) is 0. The van der Waals surface area contributed by atoms with E-state index in [2.05, 4.69) is 41.5 Å². The molecule has 0 N–H and O–H groups in total. The van der Waals surface area contributed by atoms with E-state index in [9.17, 15) is 0 Å². The highest BCUT2D eigenvalue weighted by Crippen LogP contribution is 2.36. The quantitative estimate of drug-likeness (QED) is 0.0681. The molecule has 0 saturated heterocycles. The Morgan fingerprint density at radius 2 is 0.647 bits per heavy atom. The van der Waals surface area contributed by atoms with E-state index in [-0.39, 0.29) is 0 Å². The third-order valence-corrected chi connectivity index (χ3v) is 10.5. The van der Waals surface area contributed by atoms with Crippen molar-refractivity contribution >= 4 is 0 Å². The first-order valence-corrected chi connectivity index (χ1v) is 20.0. The molecular weight excluding hydrogens is 631 g/mol. The van der Waals surface area contributed by atoms with Crippen molar-refractivity contribution in [1.29, 1.82) is 0 Å². The minimum Gasteiger partial charge on any atom is -0.493 e. The summed E-state index contributed by atoms with van der Waals surface area (Å²) in [6.45, 7) is 15.6. The Labute approximate surface area is 308 Å². The molecule has 0 saturated carbocycles. The fourth-order valence-corrected chi connectivity index (χ4v) is 6.82. The van der Waals surface area contributed by atoms with Crippen molar-refractivity contribution in [3.63, 3.8) is 0 Å². The van der Waals surface area contributed by atoms with Crippen molar-refractivity contribution in [2.24, 2.45) is 17.8 Å². The number of nitrogens with zero attached hydrogens (tertiary/aromatic N) is 3. The van der Waals surface area contributed by atoms with Crippen LogP contribution in [0.2, 0.25) is 0 Å². The van der Waals surface area contributed by atoms with Crippen LogP contribution in [-0.4, -0.2) is 34.8 Å². The molecule has 6 nitrogen and oxygen atoms in total. The minimum atomic E-state index is 0.567. The standard InChI is InChI=1S/C45H63N3O3/c1-7-34(8-2)22-19-31-49-40-28-16-13-25-37(40)43-46-44(38-26-14-17-29-41(38)50-32-20-23-35(9-3)10-4)48-45(47-43)39-27-15-18-30-42(39)51-33-21-24-36(11-5)12-6/h13-18,25-30,34-36H,7-12,19-24,31-33H2,1-6H3. The Bertz CT molecular complexity index is 1370. The van der Waals surface area contributed by atoms with Gasteiger partial charge in [-0.15, -0.1) is 0 Å². The molecule has 0 spiro atoms. The summed E-state index contributed by atoms with van der Waals surface area (Å²) in [7, 11) is 0. The lowest BCUT2D eigenvalue weighted by molar-refractivity contribution is 0.289. The molecule has 0 aliphatic carbocycles. The van der Waals surface area contributed by atoms with E-state index in [0.29, 0.717) is 37.3 Å². The minimum absolute atomic E-state index is 0.567. The first-order valence-electron chi connectivity index (χ1n) is 20.0. The van der Waals surface area contributed by atoms with Crippen LogP contribution in [0.5, 0.6) is 17.2 Å². The van der Waals surface area contributed by atoms with Crippen molar-refractivity contribution in [2.45, 2.75) is 119 Å². The van der Waals surface area contributed by atoms with E-state index in [1.807, 2.05) is 72.8 Å². The van der Waals surface area contributed by atoms with Gasteiger partial charge in [-0.1, -0.05) is 116 Å². The van der Waals surface area contributed by atoms with Gasteiger partial charge in [-0.25, -0.2) is 15.0 Å². The second-order valence-corrected chi connectivity index (χ2v) is 13.8. The van der Waals surface area contributed by atoms with Gasteiger partial charge in [-0.2, -0.15) is 0 Å². The predicted molar refractivity (Wildman–Crippen MR) is 213 cm³/mol. The van der Waals surface area contributed by atoms with E-state index < -0.39 is 0 Å². The van der Waals surface area contributed by atoms with Crippen LogP contribution in [0.1, 0.15) is 119 Å². The fraction of sp³-hybridized carbons (Fsp3) is 0.533. The summed E-state index contributed by atoms with van der Waals surface area (Å²) in [5, 5.41) is 0. The van der Waals surface area contributed by atoms with Crippen LogP contribution in [0.25, 0.3) is 34.2 Å². The van der Waals surface area contributed by atoms with Crippen molar-refractivity contribution in [2.75, 3.05) is 19.8 Å². The second-order valence-electron chi connectivity index (χ2n) is 13.8. The van der Waals surface area contributed by atoms with Crippen LogP contribution in [0.4, 0.5) is 0 Å². The summed E-state index contributed by atoms with van der Waals surface area (Å²) >= 11 is 0. The van der Waals surface area contributed by atoms with Crippen molar-refractivity contribution in [3.05, 3.63) is 72.8 Å². The van der Waals surface area contributed by atoms with E-state index in [0.717, 1.165) is 90.2 Å². The molecule has 1 heterocycles. The predicted octanol–water partition coefficient (Wildman–Crippen LogP) is 12.7. The van der Waals surface area contributed by atoms with Gasteiger partial charge in [0.25, 0.3) is 0 Å². The molecule has 0 atom stereocenters. The van der Waals surface area contributed by atoms with Crippen molar-refractivity contribution < 1.29 is 14.2 Å². The maximum Gasteiger partial charge on any atom is 0.167 e. The molecule has 276 valence electrons. The Morgan fingerprint density at radius 1 is 0.392 bits per heavy atom. The number of rotatable bonds is 24. The summed E-state index contributed by atoms with van der Waals surface area (Å²) in [6.07, 6.45) is 13.8. The highest BCUT2D eigenvalue weighted by Gasteiger charge is 2.20. The fourth-order valence-electron chi connectivity index (χ4n) is 6.82. The van der Waals surface area contributed by atoms with Gasteiger partial charge >= 0.3 is 0 Å². The van der Waals surface area contributed by atoms with Crippen LogP contribution in [0.3, 0.4) is 0 Å². The van der Waals surface area contributed by atoms with Gasteiger partial charge in [-0.3, -0.25) is 0 Å². The maximum absolute atomic E-state index is 6.43. The lowest BCUT2D eigenvalue weighted by atomic mass is 9.98. The topological polar surface area (TPSA) is 66.4 Å². The van der Waals surface area contributed by atoms with Crippen LogP contribution in [-0.2, 0) is 0 Å². The van der Waals surface area contributed by atoms with E-state index in [1.54, 1.807) is 0 Å². The van der Waals surface area contributed by atoms with E-state index >= 15 is 0 Å². The summed E-state index contributed by atoms with van der Waals surface area (Å²) in [5.41, 5.74) is 2.53. The van der Waals surface area contributed by atoms with E-state index in [4.69, 9.17) is 29.2 Å². The smallest absolute Gasteiger partial charge is 0.167 e. The van der Waals surface area contributed by atoms with Gasteiger partial charge in [0, 0.05) is 0 Å². The third kappa shape index (κ3) is 12.1. The Morgan fingerprint density at radius 3 is 0.902 bits per heavy atom. The van der Waals surface area contributed by atoms with Crippen LogP contribution >= 0.6 is 0 Å². The molecule has 1 aromatic heterocycles. The van der Waals surface area contributed by atoms with Gasteiger partial charge in [0.05, 0.1) is 36.5 Å². The zero-order valence-electron chi connectivity index (χ0n) is 32.3. The molecule has 0 fully saturated rings. The van der Waals surface area contributed by atoms with Gasteiger partial charge in [-0.05, 0) is 92.7 Å². The molecule has 0 aliphatic rings. The molecule has 0 bridgehead atoms. The van der Waals surface area contributed by atoms with Gasteiger partial charge in [0.2, 0.25) is 0 Å². The number of benzene rings is 3. The molecule has 0 aliphatic heterocycles. The number of para-hydroxylation sites is 3. The molecule has 0 amide bonds. The molecule has 0 unspecified atom stereocenters. The maximum atomic E-state index is 6.43. The number of ether oxygens (including phenoxy) is 3.